The summed E-state index contributed by atoms with van der Waals surface area (Å²) in [6, 6.07) is 12.2. The largest absolute Gasteiger partial charge is 0.399 e. The van der Waals surface area contributed by atoms with Gasteiger partial charge in [-0.25, -0.2) is 0 Å². The van der Waals surface area contributed by atoms with Crippen LogP contribution >= 0.6 is 11.6 Å². The maximum absolute atomic E-state index is 12.0. The number of para-hydroxylation sites is 1. The third kappa shape index (κ3) is 2.63. The highest BCUT2D eigenvalue weighted by Crippen LogP contribution is 2.25. The summed E-state index contributed by atoms with van der Waals surface area (Å²) < 4.78 is 0. The molecule has 1 amide bonds. The molecule has 0 saturated carbocycles. The Morgan fingerprint density at radius 2 is 1.83 bits per heavy atom. The van der Waals surface area contributed by atoms with Crippen LogP contribution in [0.5, 0.6) is 0 Å². The minimum atomic E-state index is -0.203. The highest BCUT2D eigenvalue weighted by atomic mass is 35.5. The first-order valence-electron chi connectivity index (χ1n) is 5.50. The zero-order valence-electron chi connectivity index (χ0n) is 9.91. The van der Waals surface area contributed by atoms with Gasteiger partial charge in [0.1, 0.15) is 0 Å². The smallest absolute Gasteiger partial charge is 0.255 e. The predicted molar refractivity (Wildman–Crippen MR) is 75.0 cm³/mol. The number of carbonyl (C=O) groups is 1. The molecule has 0 aliphatic rings. The number of anilines is 2. The van der Waals surface area contributed by atoms with Crippen molar-refractivity contribution in [3.8, 4) is 0 Å². The van der Waals surface area contributed by atoms with E-state index >= 15 is 0 Å². The maximum Gasteiger partial charge on any atom is 0.255 e. The van der Waals surface area contributed by atoms with Crippen LogP contribution in [0.3, 0.4) is 0 Å². The lowest BCUT2D eigenvalue weighted by atomic mass is 10.1. The van der Waals surface area contributed by atoms with Crippen molar-refractivity contribution in [2.45, 2.75) is 6.92 Å². The molecule has 2 rings (SSSR count). The summed E-state index contributed by atoms with van der Waals surface area (Å²) in [6.45, 7) is 1.89. The summed E-state index contributed by atoms with van der Waals surface area (Å²) in [5.41, 5.74) is 8.31. The molecule has 0 aromatic heterocycles. The van der Waals surface area contributed by atoms with Crippen LogP contribution in [0.25, 0.3) is 0 Å². The Morgan fingerprint density at radius 1 is 1.17 bits per heavy atom. The van der Waals surface area contributed by atoms with Crippen LogP contribution in [0.2, 0.25) is 5.02 Å². The number of hydrogen-bond acceptors (Lipinski definition) is 2. The molecule has 0 radical (unpaired) electrons. The molecule has 0 saturated heterocycles. The van der Waals surface area contributed by atoms with Crippen LogP contribution in [0, 0.1) is 6.92 Å². The van der Waals surface area contributed by atoms with Crippen LogP contribution < -0.4 is 11.1 Å². The van der Waals surface area contributed by atoms with Gasteiger partial charge in [0.05, 0.1) is 10.7 Å². The molecule has 0 bridgehead atoms. The number of carbonyl (C=O) groups excluding carboxylic acids is 1. The van der Waals surface area contributed by atoms with Gasteiger partial charge in [-0.05, 0) is 42.8 Å². The molecule has 3 N–H and O–H groups in total. The number of aryl methyl sites for hydroxylation is 1. The molecule has 0 fully saturated rings. The van der Waals surface area contributed by atoms with E-state index in [1.807, 2.05) is 19.1 Å². The SMILES string of the molecule is Cc1cccc(Cl)c1NC(=O)c1ccc(N)cc1. The van der Waals surface area contributed by atoms with Crippen LogP contribution in [0.15, 0.2) is 42.5 Å². The van der Waals surface area contributed by atoms with E-state index < -0.39 is 0 Å². The molecule has 0 aliphatic carbocycles. The molecule has 4 heteroatoms. The van der Waals surface area contributed by atoms with E-state index in [1.54, 1.807) is 30.3 Å². The average molecular weight is 261 g/mol. The highest BCUT2D eigenvalue weighted by molar-refractivity contribution is 6.34. The van der Waals surface area contributed by atoms with Crippen molar-refractivity contribution in [2.75, 3.05) is 11.1 Å². The predicted octanol–water partition coefficient (Wildman–Crippen LogP) is 3.48. The van der Waals surface area contributed by atoms with E-state index in [4.69, 9.17) is 17.3 Å². The van der Waals surface area contributed by atoms with Gasteiger partial charge in [-0.15, -0.1) is 0 Å². The molecule has 2 aromatic carbocycles. The van der Waals surface area contributed by atoms with E-state index in [1.165, 1.54) is 0 Å². The van der Waals surface area contributed by atoms with Gasteiger partial charge < -0.3 is 11.1 Å². The topological polar surface area (TPSA) is 55.1 Å². The third-order valence-corrected chi connectivity index (χ3v) is 2.95. The van der Waals surface area contributed by atoms with Crippen molar-refractivity contribution < 1.29 is 4.79 Å². The lowest BCUT2D eigenvalue weighted by molar-refractivity contribution is 0.102. The van der Waals surface area contributed by atoms with E-state index in [0.29, 0.717) is 22.0 Å². The zero-order chi connectivity index (χ0) is 13.1. The Balaban J connectivity index is 2.24. The number of hydrogen-bond donors (Lipinski definition) is 2. The molecule has 3 nitrogen and oxygen atoms in total. The Bertz CT molecular complexity index is 559. The number of nitrogen functional groups attached to an aromatic ring is 1. The average Bonchev–Trinajstić information content (AvgIpc) is 2.34. The van der Waals surface area contributed by atoms with Gasteiger partial charge in [0, 0.05) is 11.3 Å². The fourth-order valence-corrected chi connectivity index (χ4v) is 1.88. The normalized spacial score (nSPS) is 10.1. The number of nitrogens with one attached hydrogen (secondary N) is 1. The maximum atomic E-state index is 12.0. The van der Waals surface area contributed by atoms with Gasteiger partial charge in [-0.3, -0.25) is 4.79 Å². The van der Waals surface area contributed by atoms with Gasteiger partial charge in [-0.2, -0.15) is 0 Å². The van der Waals surface area contributed by atoms with Crippen molar-refractivity contribution in [1.82, 2.24) is 0 Å². The summed E-state index contributed by atoms with van der Waals surface area (Å²) in [5, 5.41) is 3.33. The Kier molecular flexibility index (Phi) is 3.53. The van der Waals surface area contributed by atoms with Gasteiger partial charge >= 0.3 is 0 Å². The second-order valence-electron chi connectivity index (χ2n) is 4.01. The minimum absolute atomic E-state index is 0.203. The number of halogens is 1. The van der Waals surface area contributed by atoms with Crippen molar-refractivity contribution >= 4 is 28.9 Å². The van der Waals surface area contributed by atoms with Gasteiger partial charge in [-0.1, -0.05) is 23.7 Å². The van der Waals surface area contributed by atoms with Crippen molar-refractivity contribution in [3.63, 3.8) is 0 Å². The van der Waals surface area contributed by atoms with Crippen molar-refractivity contribution in [2.24, 2.45) is 0 Å². The lowest BCUT2D eigenvalue weighted by Crippen LogP contribution is -2.13. The summed E-state index contributed by atoms with van der Waals surface area (Å²) in [6.07, 6.45) is 0. The molecule has 0 aliphatic heterocycles. The Labute approximate surface area is 111 Å². The molecule has 0 spiro atoms. The van der Waals surface area contributed by atoms with Gasteiger partial charge in [0.2, 0.25) is 0 Å². The van der Waals surface area contributed by atoms with Crippen LogP contribution in [0.4, 0.5) is 11.4 Å². The number of amides is 1. The van der Waals surface area contributed by atoms with E-state index in [2.05, 4.69) is 5.32 Å². The fourth-order valence-electron chi connectivity index (χ4n) is 1.61. The van der Waals surface area contributed by atoms with E-state index in [0.717, 1.165) is 5.56 Å². The lowest BCUT2D eigenvalue weighted by Gasteiger charge is -2.10. The zero-order valence-corrected chi connectivity index (χ0v) is 10.7. The summed E-state index contributed by atoms with van der Waals surface area (Å²) >= 11 is 6.05. The number of benzene rings is 2. The fraction of sp³-hybridized carbons (Fsp3) is 0.0714. The first-order valence-corrected chi connectivity index (χ1v) is 5.88. The first-order chi connectivity index (χ1) is 8.58. The second-order valence-corrected chi connectivity index (χ2v) is 4.42. The monoisotopic (exact) mass is 260 g/mol. The number of nitrogens with two attached hydrogens (primary N) is 1. The Morgan fingerprint density at radius 3 is 2.44 bits per heavy atom. The quantitative estimate of drug-likeness (QED) is 0.812. The molecule has 0 unspecified atom stereocenters. The van der Waals surface area contributed by atoms with Crippen molar-refractivity contribution in [3.05, 3.63) is 58.6 Å². The van der Waals surface area contributed by atoms with Crippen LogP contribution in [-0.2, 0) is 0 Å². The molecular formula is C14H13ClN2O. The third-order valence-electron chi connectivity index (χ3n) is 2.63. The second kappa shape index (κ2) is 5.10. The first kappa shape index (κ1) is 12.5. The molecule has 18 heavy (non-hydrogen) atoms. The van der Waals surface area contributed by atoms with Crippen LogP contribution in [-0.4, -0.2) is 5.91 Å². The minimum Gasteiger partial charge on any atom is -0.399 e. The molecular weight excluding hydrogens is 248 g/mol. The van der Waals surface area contributed by atoms with Crippen LogP contribution in [0.1, 0.15) is 15.9 Å². The summed E-state index contributed by atoms with van der Waals surface area (Å²) in [5.74, 6) is -0.203. The van der Waals surface area contributed by atoms with E-state index in [9.17, 15) is 4.79 Å². The summed E-state index contributed by atoms with van der Waals surface area (Å²) in [4.78, 5) is 12.0. The van der Waals surface area contributed by atoms with Gasteiger partial charge in [0.25, 0.3) is 5.91 Å². The standard InChI is InChI=1S/C14H13ClN2O/c1-9-3-2-4-12(15)13(9)17-14(18)10-5-7-11(16)8-6-10/h2-8H,16H2,1H3,(H,17,18). The summed E-state index contributed by atoms with van der Waals surface area (Å²) in [7, 11) is 0. The molecule has 2 aromatic rings. The number of rotatable bonds is 2. The highest BCUT2D eigenvalue weighted by Gasteiger charge is 2.09. The molecule has 92 valence electrons. The van der Waals surface area contributed by atoms with Gasteiger partial charge in [0.15, 0.2) is 0 Å². The molecule has 0 heterocycles. The molecule has 0 atom stereocenters. The van der Waals surface area contributed by atoms with E-state index in [-0.39, 0.29) is 5.91 Å². The Hall–Kier alpha value is -2.00. The van der Waals surface area contributed by atoms with Crippen molar-refractivity contribution in [1.29, 1.82) is 0 Å².